The van der Waals surface area contributed by atoms with Gasteiger partial charge in [-0.1, -0.05) is 0 Å². The van der Waals surface area contributed by atoms with Crippen LogP contribution < -0.4 is 11.1 Å². The van der Waals surface area contributed by atoms with Crippen molar-refractivity contribution < 1.29 is 9.53 Å². The number of amides is 1. The van der Waals surface area contributed by atoms with Crippen molar-refractivity contribution in [2.75, 3.05) is 32.0 Å². The monoisotopic (exact) mass is 353 g/mol. The minimum atomic E-state index is -0.110. The quantitative estimate of drug-likeness (QED) is 0.810. The zero-order valence-electron chi connectivity index (χ0n) is 11.8. The number of carbonyl (C=O) groups is 1. The molecule has 1 aromatic rings. The van der Waals surface area contributed by atoms with Crippen LogP contribution in [0.25, 0.3) is 0 Å². The van der Waals surface area contributed by atoms with Gasteiger partial charge in [0.15, 0.2) is 0 Å². The summed E-state index contributed by atoms with van der Waals surface area (Å²) in [5.74, 6) is -0.110. The summed E-state index contributed by atoms with van der Waals surface area (Å²) in [5, 5.41) is 2.93. The Hall–Kier alpha value is -1.11. The fourth-order valence-electron chi connectivity index (χ4n) is 3.00. The van der Waals surface area contributed by atoms with Crippen molar-refractivity contribution in [2.24, 2.45) is 0 Å². The van der Waals surface area contributed by atoms with E-state index in [1.165, 1.54) is 12.8 Å². The summed E-state index contributed by atoms with van der Waals surface area (Å²) < 4.78 is 6.63. The SMILES string of the molecule is Nc1cc(C(=O)NCC2CN3CCCC3CO2)ccc1Br. The molecule has 1 amide bonds. The summed E-state index contributed by atoms with van der Waals surface area (Å²) in [6.45, 7) is 3.39. The van der Waals surface area contributed by atoms with Crippen molar-refractivity contribution in [3.05, 3.63) is 28.2 Å². The normalized spacial score (nSPS) is 25.6. The summed E-state index contributed by atoms with van der Waals surface area (Å²) in [4.78, 5) is 14.6. The Morgan fingerprint density at radius 3 is 3.19 bits per heavy atom. The van der Waals surface area contributed by atoms with Crippen LogP contribution in [0, 0.1) is 0 Å². The molecule has 2 aliphatic rings. The summed E-state index contributed by atoms with van der Waals surface area (Å²) in [7, 11) is 0. The van der Waals surface area contributed by atoms with Crippen molar-refractivity contribution in [1.82, 2.24) is 10.2 Å². The third-order valence-corrected chi connectivity index (χ3v) is 4.93. The van der Waals surface area contributed by atoms with Gasteiger partial charge in [-0.2, -0.15) is 0 Å². The number of fused-ring (bicyclic) bond motifs is 1. The first kappa shape index (κ1) is 14.8. The van der Waals surface area contributed by atoms with E-state index in [2.05, 4.69) is 26.1 Å². The molecule has 3 rings (SSSR count). The van der Waals surface area contributed by atoms with Crippen LogP contribution in [0.5, 0.6) is 0 Å². The molecule has 0 spiro atoms. The molecule has 2 fully saturated rings. The molecule has 21 heavy (non-hydrogen) atoms. The van der Waals surface area contributed by atoms with E-state index >= 15 is 0 Å². The highest BCUT2D eigenvalue weighted by Gasteiger charge is 2.32. The number of rotatable bonds is 3. The number of carbonyl (C=O) groups excluding carboxylic acids is 1. The molecule has 5 nitrogen and oxygen atoms in total. The van der Waals surface area contributed by atoms with Gasteiger partial charge in [-0.15, -0.1) is 0 Å². The Balaban J connectivity index is 1.52. The second-order valence-electron chi connectivity index (χ2n) is 5.69. The first-order valence-electron chi connectivity index (χ1n) is 7.32. The topological polar surface area (TPSA) is 67.6 Å². The number of nitrogen functional groups attached to an aromatic ring is 1. The molecule has 2 unspecified atom stereocenters. The van der Waals surface area contributed by atoms with Gasteiger partial charge < -0.3 is 15.8 Å². The maximum absolute atomic E-state index is 12.1. The van der Waals surface area contributed by atoms with Crippen molar-refractivity contribution in [3.63, 3.8) is 0 Å². The maximum atomic E-state index is 12.1. The Morgan fingerprint density at radius 1 is 1.52 bits per heavy atom. The van der Waals surface area contributed by atoms with Gasteiger partial charge >= 0.3 is 0 Å². The molecule has 3 N–H and O–H groups in total. The van der Waals surface area contributed by atoms with Crippen LogP contribution in [0.4, 0.5) is 5.69 Å². The lowest BCUT2D eigenvalue weighted by atomic mass is 10.1. The number of halogens is 1. The molecular weight excluding hydrogens is 334 g/mol. The lowest BCUT2D eigenvalue weighted by Crippen LogP contribution is -2.50. The molecule has 2 aliphatic heterocycles. The van der Waals surface area contributed by atoms with Gasteiger partial charge in [0.1, 0.15) is 0 Å². The molecule has 0 saturated carbocycles. The first-order chi connectivity index (χ1) is 10.1. The zero-order valence-corrected chi connectivity index (χ0v) is 13.4. The fourth-order valence-corrected chi connectivity index (χ4v) is 3.25. The number of hydrogen-bond acceptors (Lipinski definition) is 4. The Kier molecular flexibility index (Phi) is 4.47. The highest BCUT2D eigenvalue weighted by atomic mass is 79.9. The van der Waals surface area contributed by atoms with Crippen molar-refractivity contribution >= 4 is 27.5 Å². The predicted molar refractivity (Wildman–Crippen MR) is 85.2 cm³/mol. The largest absolute Gasteiger partial charge is 0.398 e. The summed E-state index contributed by atoms with van der Waals surface area (Å²) in [6, 6.07) is 5.81. The Labute approximate surface area is 132 Å². The van der Waals surface area contributed by atoms with Crippen LogP contribution in [-0.4, -0.2) is 49.2 Å². The van der Waals surface area contributed by atoms with E-state index in [4.69, 9.17) is 10.5 Å². The predicted octanol–water partition coefficient (Wildman–Crippen LogP) is 1.62. The zero-order chi connectivity index (χ0) is 14.8. The van der Waals surface area contributed by atoms with E-state index in [1.54, 1.807) is 18.2 Å². The minimum Gasteiger partial charge on any atom is -0.398 e. The van der Waals surface area contributed by atoms with Crippen LogP contribution in [0.3, 0.4) is 0 Å². The minimum absolute atomic E-state index is 0.0797. The van der Waals surface area contributed by atoms with Gasteiger partial charge in [0.25, 0.3) is 5.91 Å². The van der Waals surface area contributed by atoms with Crippen LogP contribution >= 0.6 is 15.9 Å². The van der Waals surface area contributed by atoms with Gasteiger partial charge in [-0.25, -0.2) is 0 Å². The van der Waals surface area contributed by atoms with Crippen LogP contribution in [0.2, 0.25) is 0 Å². The molecule has 6 heteroatoms. The molecule has 2 atom stereocenters. The molecule has 2 heterocycles. The second-order valence-corrected chi connectivity index (χ2v) is 6.55. The van der Waals surface area contributed by atoms with Gasteiger partial charge in [-0.3, -0.25) is 9.69 Å². The van der Waals surface area contributed by atoms with Gasteiger partial charge in [0.05, 0.1) is 12.7 Å². The molecule has 0 bridgehead atoms. The molecule has 0 aliphatic carbocycles. The van der Waals surface area contributed by atoms with E-state index in [9.17, 15) is 4.79 Å². The summed E-state index contributed by atoms with van der Waals surface area (Å²) >= 11 is 3.32. The van der Waals surface area contributed by atoms with E-state index < -0.39 is 0 Å². The number of anilines is 1. The summed E-state index contributed by atoms with van der Waals surface area (Å²) in [6.07, 6.45) is 2.57. The second kappa shape index (κ2) is 6.34. The number of nitrogens with one attached hydrogen (secondary N) is 1. The third kappa shape index (κ3) is 3.39. The van der Waals surface area contributed by atoms with Crippen molar-refractivity contribution in [1.29, 1.82) is 0 Å². The molecule has 1 aromatic carbocycles. The maximum Gasteiger partial charge on any atom is 0.251 e. The molecular formula is C15H20BrN3O2. The van der Waals surface area contributed by atoms with Gasteiger partial charge in [0, 0.05) is 34.9 Å². The van der Waals surface area contributed by atoms with Gasteiger partial charge in [0.2, 0.25) is 0 Å². The number of hydrogen-bond donors (Lipinski definition) is 2. The van der Waals surface area contributed by atoms with Crippen LogP contribution in [0.1, 0.15) is 23.2 Å². The van der Waals surface area contributed by atoms with Crippen molar-refractivity contribution in [3.8, 4) is 0 Å². The van der Waals surface area contributed by atoms with E-state index in [-0.39, 0.29) is 12.0 Å². The number of nitrogens with two attached hydrogens (primary N) is 1. The smallest absolute Gasteiger partial charge is 0.251 e. The van der Waals surface area contributed by atoms with E-state index in [0.717, 1.165) is 24.2 Å². The average Bonchev–Trinajstić information content (AvgIpc) is 2.95. The number of benzene rings is 1. The highest BCUT2D eigenvalue weighted by molar-refractivity contribution is 9.10. The van der Waals surface area contributed by atoms with Crippen molar-refractivity contribution in [2.45, 2.75) is 25.0 Å². The van der Waals surface area contributed by atoms with Gasteiger partial charge in [-0.05, 0) is 53.5 Å². The number of ether oxygens (including phenoxy) is 1. The summed E-state index contributed by atoms with van der Waals surface area (Å²) in [5.41, 5.74) is 6.94. The molecule has 0 radical (unpaired) electrons. The first-order valence-corrected chi connectivity index (χ1v) is 8.11. The fraction of sp³-hybridized carbons (Fsp3) is 0.533. The third-order valence-electron chi connectivity index (χ3n) is 4.21. The number of morpholine rings is 1. The highest BCUT2D eigenvalue weighted by Crippen LogP contribution is 2.22. The lowest BCUT2D eigenvalue weighted by molar-refractivity contribution is -0.0461. The standard InChI is InChI=1S/C15H20BrN3O2/c16-13-4-3-10(6-14(13)17)15(20)18-7-12-8-19-5-1-2-11(19)9-21-12/h3-4,6,11-12H,1-2,5,7-9,17H2,(H,18,20). The lowest BCUT2D eigenvalue weighted by Gasteiger charge is -2.35. The Morgan fingerprint density at radius 2 is 2.38 bits per heavy atom. The van der Waals surface area contributed by atoms with E-state index in [1.807, 2.05) is 0 Å². The molecule has 2 saturated heterocycles. The number of nitrogens with zero attached hydrogens (tertiary/aromatic N) is 1. The molecule has 114 valence electrons. The van der Waals surface area contributed by atoms with Crippen LogP contribution in [-0.2, 0) is 4.74 Å². The van der Waals surface area contributed by atoms with Crippen LogP contribution in [0.15, 0.2) is 22.7 Å². The van der Waals surface area contributed by atoms with E-state index in [0.29, 0.717) is 23.8 Å². The molecule has 0 aromatic heterocycles. The Bertz CT molecular complexity index is 538. The average molecular weight is 354 g/mol.